The number of alkyl halides is 6. The Hall–Kier alpha value is 1.38. The number of unbranched alkanes of at least 4 members (excludes halogenated alkanes) is 2. The van der Waals surface area contributed by atoms with Crippen molar-refractivity contribution >= 4 is 138 Å². The highest BCUT2D eigenvalue weighted by atomic mass is 35.6. The van der Waals surface area contributed by atoms with Crippen LogP contribution < -0.4 is 0 Å². The maximum atomic E-state index is 12.2. The minimum Gasteiger partial charge on any atom is -0.379 e. The number of halogens is 7. The Labute approximate surface area is 377 Å². The third kappa shape index (κ3) is 76.1. The monoisotopic (exact) mass is 1080 g/mol. The highest BCUT2D eigenvalue weighted by Gasteiger charge is 2.32. The third-order valence-electron chi connectivity index (χ3n) is 5.13. The van der Waals surface area contributed by atoms with Gasteiger partial charge in [0.15, 0.2) is 7.38 Å². The second kappa shape index (κ2) is 47.4. The van der Waals surface area contributed by atoms with E-state index >= 15 is 0 Å². The molecule has 0 rings (SSSR count). The highest BCUT2D eigenvalue weighted by molar-refractivity contribution is 8.75. The van der Waals surface area contributed by atoms with Gasteiger partial charge in [0.1, 0.15) is 8.07 Å². The van der Waals surface area contributed by atoms with Gasteiger partial charge in [0.2, 0.25) is 0 Å². The first-order valence-corrected chi connectivity index (χ1v) is 38.1. The molecule has 0 aromatic carbocycles. The van der Waals surface area contributed by atoms with E-state index in [1.807, 2.05) is 13.1 Å². The van der Waals surface area contributed by atoms with Gasteiger partial charge in [-0.25, -0.2) is 0 Å². The van der Waals surface area contributed by atoms with Gasteiger partial charge in [-0.3, -0.25) is 0 Å². The van der Waals surface area contributed by atoms with Gasteiger partial charge in [0.05, 0.1) is 39.6 Å². The van der Waals surface area contributed by atoms with Crippen molar-refractivity contribution in [3.63, 3.8) is 0 Å². The Bertz CT molecular complexity index is 1490. The van der Waals surface area contributed by atoms with Crippen LogP contribution in [0.4, 0.5) is 26.3 Å². The molecular formula is C31H55ClF6O4S12Si2. The quantitative estimate of drug-likeness (QED) is 0.0302. The van der Waals surface area contributed by atoms with Gasteiger partial charge in [0, 0.05) is 150 Å². The van der Waals surface area contributed by atoms with Crippen LogP contribution in [0.1, 0.15) is 46.0 Å². The lowest BCUT2D eigenvalue weighted by Gasteiger charge is -2.15. The number of terminal acetylenes is 1. The first-order valence-electron chi connectivity index (χ1n) is 16.0. The number of ether oxygens (including phenoxy) is 4. The van der Waals surface area contributed by atoms with Crippen LogP contribution >= 0.6 is 11.1 Å². The SMILES string of the molecule is C.C#CCCCOCCOCC=C.C=CCOCCOCCCC#C[Si](C)(C)CCC(F)(F)F.C[Si](C)(Cl)CCC(F)(F)F.S=S=S=S=S=S=S=S=S=S=S=S. The molecule has 0 saturated carbocycles. The molecule has 0 aliphatic heterocycles. The first-order chi connectivity index (χ1) is 25.8. The van der Waals surface area contributed by atoms with Gasteiger partial charge in [-0.05, 0) is 24.9 Å². The smallest absolute Gasteiger partial charge is 0.379 e. The van der Waals surface area contributed by atoms with Crippen molar-refractivity contribution < 1.29 is 45.3 Å². The zero-order valence-corrected chi connectivity index (χ0v) is 43.7. The fraction of sp³-hybridized carbons (Fsp3) is 0.742. The van der Waals surface area contributed by atoms with Crippen LogP contribution in [-0.2, 0) is 130 Å². The molecule has 332 valence electrons. The summed E-state index contributed by atoms with van der Waals surface area (Å²) >= 11 is 15.1. The zero-order chi connectivity index (χ0) is 42.7. The van der Waals surface area contributed by atoms with Gasteiger partial charge in [-0.2, -0.15) is 37.4 Å². The molecule has 0 bridgehead atoms. The molecule has 0 amide bonds. The molecule has 0 atom stereocenters. The van der Waals surface area contributed by atoms with Gasteiger partial charge < -0.3 is 18.9 Å². The van der Waals surface area contributed by atoms with Gasteiger partial charge in [0.25, 0.3) is 0 Å². The molecule has 0 N–H and O–H groups in total. The molecule has 25 heteroatoms. The Morgan fingerprint density at radius 3 is 1.36 bits per heavy atom. The van der Waals surface area contributed by atoms with Crippen molar-refractivity contribution in [3.8, 4) is 23.8 Å². The summed E-state index contributed by atoms with van der Waals surface area (Å²) in [4.78, 5) is 0. The Kier molecular flexibility index (Phi) is 56.3. The number of rotatable bonds is 20. The van der Waals surface area contributed by atoms with E-state index in [2.05, 4.69) is 52.9 Å². The van der Waals surface area contributed by atoms with Crippen molar-refractivity contribution in [3.05, 3.63) is 25.3 Å². The van der Waals surface area contributed by atoms with Gasteiger partial charge >= 0.3 is 12.4 Å². The third-order valence-corrected chi connectivity index (χ3v) is 29.5. The zero-order valence-electron chi connectivity index (χ0n) is 31.1. The molecule has 4 nitrogen and oxygen atoms in total. The maximum Gasteiger partial charge on any atom is 0.388 e. The molecule has 0 unspecified atom stereocenters. The lowest BCUT2D eigenvalue weighted by atomic mass is 10.3. The molecule has 0 spiro atoms. The van der Waals surface area contributed by atoms with E-state index in [1.54, 1.807) is 96.3 Å². The summed E-state index contributed by atoms with van der Waals surface area (Å²) in [5.41, 5.74) is 3.05. The Morgan fingerprint density at radius 1 is 0.643 bits per heavy atom. The van der Waals surface area contributed by atoms with E-state index in [0.29, 0.717) is 52.7 Å². The fourth-order valence-corrected chi connectivity index (χ4v) is 27.4. The molecule has 0 aliphatic carbocycles. The fourth-order valence-electron chi connectivity index (χ4n) is 2.66. The Morgan fingerprint density at radius 2 is 1.02 bits per heavy atom. The highest BCUT2D eigenvalue weighted by Crippen LogP contribution is 2.27. The minimum absolute atomic E-state index is 0. The van der Waals surface area contributed by atoms with Crippen LogP contribution in [0, 0.1) is 23.8 Å². The summed E-state index contributed by atoms with van der Waals surface area (Å²) in [6.45, 7) is 19.0. The molecule has 56 heavy (non-hydrogen) atoms. The van der Waals surface area contributed by atoms with Crippen LogP contribution in [0.5, 0.6) is 0 Å². The van der Waals surface area contributed by atoms with Crippen LogP contribution in [0.25, 0.3) is 0 Å². The predicted molar refractivity (Wildman–Crippen MR) is 266 cm³/mol. The summed E-state index contributed by atoms with van der Waals surface area (Å²) < 4.78 is 92.0. The average molecular weight is 1080 g/mol. The summed E-state index contributed by atoms with van der Waals surface area (Å²) in [5, 5.41) is 0. The normalized spacial score (nSPS) is 10.4. The van der Waals surface area contributed by atoms with Crippen molar-refractivity contribution in [2.75, 3.05) is 52.9 Å². The van der Waals surface area contributed by atoms with Crippen LogP contribution in [0.2, 0.25) is 38.3 Å². The molecule has 0 fully saturated rings. The molecule has 0 aromatic heterocycles. The lowest BCUT2D eigenvalue weighted by Crippen LogP contribution is -2.26. The largest absolute Gasteiger partial charge is 0.388 e. The molecule has 0 aromatic rings. The van der Waals surface area contributed by atoms with E-state index in [9.17, 15) is 26.3 Å². The number of hydrogen-bond acceptors (Lipinski definition) is 6. The minimum atomic E-state index is -4.08. The molecular weight excluding hydrogens is 1030 g/mol. The first kappa shape index (κ1) is 66.5. The van der Waals surface area contributed by atoms with Gasteiger partial charge in [-0.15, -0.1) is 37.0 Å². The number of hydrogen-bond donors (Lipinski definition) is 0. The van der Waals surface area contributed by atoms with E-state index in [-0.39, 0.29) is 19.5 Å². The second-order valence-corrected chi connectivity index (χ2v) is 40.4. The predicted octanol–water partition coefficient (Wildman–Crippen LogP) is 9.80. The van der Waals surface area contributed by atoms with Crippen molar-refractivity contribution in [2.24, 2.45) is 0 Å². The topological polar surface area (TPSA) is 36.9 Å². The second-order valence-electron chi connectivity index (χ2n) is 11.2. The van der Waals surface area contributed by atoms with Crippen LogP contribution in [0.3, 0.4) is 0 Å². The Balaban J connectivity index is -0.000000215. The summed E-state index contributed by atoms with van der Waals surface area (Å²) in [6, 6.07) is 0.276. The van der Waals surface area contributed by atoms with Crippen LogP contribution in [-0.4, -0.2) is 80.7 Å². The van der Waals surface area contributed by atoms with E-state index < -0.39 is 40.7 Å². The standard InChI is InChI=1S/C15H25F3O2Si.C10H16O2.C5H10ClF3Si.CH4.S12/c1-4-9-19-11-12-20-10-6-5-7-13-21(2,3)14-8-15(16,17)18;1-3-5-6-8-12-10-9-11-7-4-2;1-10(2,6)4-3-5(7,8)9;;1-3-5-7-9-11-12-10-8-6-4-2/h4H,1,5-6,8-12,14H2,2-3H3;1,4H,2,5-10H2;3-4H2,1-2H3;1H4;. The molecule has 0 aliphatic rings. The van der Waals surface area contributed by atoms with E-state index in [4.69, 9.17) is 36.4 Å². The summed E-state index contributed by atoms with van der Waals surface area (Å²) in [7, 11) is 12.2. The lowest BCUT2D eigenvalue weighted by molar-refractivity contribution is -0.131. The average Bonchev–Trinajstić information content (AvgIpc) is 3.10. The van der Waals surface area contributed by atoms with Crippen LogP contribution in [0.15, 0.2) is 25.3 Å². The summed E-state index contributed by atoms with van der Waals surface area (Å²) in [6.07, 6.45) is 2.05. The van der Waals surface area contributed by atoms with Gasteiger partial charge in [-0.1, -0.05) is 45.8 Å². The molecule has 0 radical (unpaired) electrons. The maximum absolute atomic E-state index is 12.2. The molecule has 0 saturated heterocycles. The van der Waals surface area contributed by atoms with E-state index in [1.165, 1.54) is 17.8 Å². The molecule has 0 heterocycles. The van der Waals surface area contributed by atoms with E-state index in [0.717, 1.165) is 25.9 Å². The summed E-state index contributed by atoms with van der Waals surface area (Å²) in [5.74, 6) is 5.55. The van der Waals surface area contributed by atoms with Crippen molar-refractivity contribution in [1.82, 2.24) is 0 Å². The van der Waals surface area contributed by atoms with Crippen molar-refractivity contribution in [1.29, 1.82) is 0 Å². The van der Waals surface area contributed by atoms with Crippen molar-refractivity contribution in [2.45, 2.75) is 96.6 Å².